The van der Waals surface area contributed by atoms with E-state index in [1.54, 1.807) is 0 Å². The summed E-state index contributed by atoms with van der Waals surface area (Å²) in [6, 6.07) is 12.4. The van der Waals surface area contributed by atoms with Crippen molar-refractivity contribution in [2.24, 2.45) is 5.73 Å². The molecule has 100 valence electrons. The topological polar surface area (TPSA) is 50.9 Å². The summed E-state index contributed by atoms with van der Waals surface area (Å²) in [6.07, 6.45) is 6.15. The highest BCUT2D eigenvalue weighted by atomic mass is 15.1. The lowest BCUT2D eigenvalue weighted by molar-refractivity contribution is 0.330. The van der Waals surface area contributed by atoms with Crippen molar-refractivity contribution < 1.29 is 0 Å². The fourth-order valence-corrected chi connectivity index (χ4v) is 3.02. The minimum atomic E-state index is 0.0493. The summed E-state index contributed by atoms with van der Waals surface area (Å²) < 4.78 is 0. The molecular weight excluding hydrogens is 234 g/mol. The molecule has 0 saturated heterocycles. The summed E-state index contributed by atoms with van der Waals surface area (Å²) in [6.45, 7) is 0.682. The van der Waals surface area contributed by atoms with Crippen molar-refractivity contribution in [3.05, 3.63) is 36.4 Å². The number of hydrogen-bond acceptors (Lipinski definition) is 3. The predicted octanol–water partition coefficient (Wildman–Crippen LogP) is 3.31. The van der Waals surface area contributed by atoms with Crippen LogP contribution in [0.15, 0.2) is 36.4 Å². The van der Waals surface area contributed by atoms with Crippen LogP contribution in [0.5, 0.6) is 0 Å². The highest BCUT2D eigenvalue weighted by Crippen LogP contribution is 2.30. The van der Waals surface area contributed by atoms with Crippen molar-refractivity contribution in [1.82, 2.24) is 4.98 Å². The van der Waals surface area contributed by atoms with Gasteiger partial charge in [0.05, 0.1) is 11.1 Å². The minimum Gasteiger partial charge on any atom is -0.363 e. The van der Waals surface area contributed by atoms with Crippen LogP contribution in [0.2, 0.25) is 0 Å². The molecule has 3 rings (SSSR count). The first kappa shape index (κ1) is 12.4. The van der Waals surface area contributed by atoms with Gasteiger partial charge in [-0.1, -0.05) is 37.5 Å². The van der Waals surface area contributed by atoms with Gasteiger partial charge < -0.3 is 11.1 Å². The molecule has 0 bridgehead atoms. The van der Waals surface area contributed by atoms with Gasteiger partial charge in [0.15, 0.2) is 0 Å². The predicted molar refractivity (Wildman–Crippen MR) is 80.2 cm³/mol. The van der Waals surface area contributed by atoms with Crippen LogP contribution in [-0.4, -0.2) is 17.1 Å². The Balaban J connectivity index is 1.87. The first-order valence-corrected chi connectivity index (χ1v) is 7.15. The molecule has 1 aliphatic carbocycles. The Bertz CT molecular complexity index is 559. The van der Waals surface area contributed by atoms with Gasteiger partial charge >= 0.3 is 0 Å². The van der Waals surface area contributed by atoms with E-state index in [4.69, 9.17) is 10.7 Å². The smallest absolute Gasteiger partial charge is 0.127 e. The van der Waals surface area contributed by atoms with E-state index in [2.05, 4.69) is 29.6 Å². The maximum atomic E-state index is 6.01. The Labute approximate surface area is 114 Å². The van der Waals surface area contributed by atoms with E-state index in [1.807, 2.05) is 12.1 Å². The summed E-state index contributed by atoms with van der Waals surface area (Å²) in [5, 5.41) is 4.78. The van der Waals surface area contributed by atoms with Gasteiger partial charge in [-0.3, -0.25) is 0 Å². The molecule has 3 heteroatoms. The van der Waals surface area contributed by atoms with E-state index in [-0.39, 0.29) is 5.54 Å². The number of nitrogens with zero attached hydrogens (tertiary/aromatic N) is 1. The van der Waals surface area contributed by atoms with Crippen LogP contribution in [0.4, 0.5) is 5.82 Å². The Hall–Kier alpha value is -1.61. The maximum absolute atomic E-state index is 6.01. The molecule has 0 atom stereocenters. The number of para-hydroxylation sites is 1. The third-order valence-electron chi connectivity index (χ3n) is 4.19. The minimum absolute atomic E-state index is 0.0493. The standard InChI is InChI=1S/C16H21N3/c17-12-16(10-4-1-5-11-16)19-15-9-8-13-6-2-3-7-14(13)18-15/h2-3,6-9H,1,4-5,10-12,17H2,(H,18,19). The maximum Gasteiger partial charge on any atom is 0.127 e. The Morgan fingerprint density at radius 3 is 2.63 bits per heavy atom. The third kappa shape index (κ3) is 2.56. The zero-order valence-corrected chi connectivity index (χ0v) is 11.2. The molecule has 2 aromatic rings. The quantitative estimate of drug-likeness (QED) is 0.884. The molecule has 19 heavy (non-hydrogen) atoms. The van der Waals surface area contributed by atoms with E-state index >= 15 is 0 Å². The van der Waals surface area contributed by atoms with Crippen LogP contribution in [0, 0.1) is 0 Å². The average molecular weight is 255 g/mol. The molecule has 3 N–H and O–H groups in total. The molecule has 0 unspecified atom stereocenters. The SMILES string of the molecule is NCC1(Nc2ccc3ccccc3n2)CCCCC1. The number of nitrogens with one attached hydrogen (secondary N) is 1. The van der Waals surface area contributed by atoms with Crippen molar-refractivity contribution in [3.8, 4) is 0 Å². The number of benzene rings is 1. The summed E-state index contributed by atoms with van der Waals surface area (Å²) in [5.41, 5.74) is 7.10. The summed E-state index contributed by atoms with van der Waals surface area (Å²) in [5.74, 6) is 0.950. The van der Waals surface area contributed by atoms with Crippen LogP contribution in [0.25, 0.3) is 10.9 Å². The number of nitrogens with two attached hydrogens (primary N) is 1. The number of aromatic nitrogens is 1. The zero-order chi connectivity index (χ0) is 13.1. The van der Waals surface area contributed by atoms with E-state index in [0.717, 1.165) is 24.2 Å². The molecule has 1 aliphatic rings. The van der Waals surface area contributed by atoms with Gasteiger partial charge in [0.2, 0.25) is 0 Å². The fourth-order valence-electron chi connectivity index (χ4n) is 3.02. The number of pyridine rings is 1. The molecule has 1 saturated carbocycles. The normalized spacial score (nSPS) is 18.4. The number of hydrogen-bond donors (Lipinski definition) is 2. The third-order valence-corrected chi connectivity index (χ3v) is 4.19. The second kappa shape index (κ2) is 5.17. The summed E-state index contributed by atoms with van der Waals surface area (Å²) >= 11 is 0. The van der Waals surface area contributed by atoms with Crippen molar-refractivity contribution in [2.45, 2.75) is 37.6 Å². The molecule has 1 heterocycles. The summed E-state index contributed by atoms with van der Waals surface area (Å²) in [4.78, 5) is 4.70. The highest BCUT2D eigenvalue weighted by Gasteiger charge is 2.30. The second-order valence-electron chi connectivity index (χ2n) is 5.56. The monoisotopic (exact) mass is 255 g/mol. The number of anilines is 1. The number of rotatable bonds is 3. The summed E-state index contributed by atoms with van der Waals surface area (Å²) in [7, 11) is 0. The fraction of sp³-hybridized carbons (Fsp3) is 0.438. The first-order valence-electron chi connectivity index (χ1n) is 7.15. The van der Waals surface area contributed by atoms with Gasteiger partial charge in [0.1, 0.15) is 5.82 Å². The van der Waals surface area contributed by atoms with Gasteiger partial charge in [-0.25, -0.2) is 4.98 Å². The van der Waals surface area contributed by atoms with Gasteiger partial charge in [0.25, 0.3) is 0 Å². The van der Waals surface area contributed by atoms with E-state index in [9.17, 15) is 0 Å². The molecule has 3 nitrogen and oxygen atoms in total. The Morgan fingerprint density at radius 2 is 1.84 bits per heavy atom. The lowest BCUT2D eigenvalue weighted by atomic mass is 9.81. The Kier molecular flexibility index (Phi) is 3.38. The van der Waals surface area contributed by atoms with Crippen LogP contribution in [-0.2, 0) is 0 Å². The zero-order valence-electron chi connectivity index (χ0n) is 11.2. The molecule has 1 aromatic carbocycles. The molecular formula is C16H21N3. The molecule has 1 aromatic heterocycles. The van der Waals surface area contributed by atoms with Crippen molar-refractivity contribution in [2.75, 3.05) is 11.9 Å². The van der Waals surface area contributed by atoms with E-state index < -0.39 is 0 Å². The van der Waals surface area contributed by atoms with E-state index in [1.165, 1.54) is 24.6 Å². The van der Waals surface area contributed by atoms with Gasteiger partial charge in [-0.05, 0) is 31.0 Å². The lowest BCUT2D eigenvalue weighted by Gasteiger charge is -2.37. The van der Waals surface area contributed by atoms with Crippen molar-refractivity contribution in [3.63, 3.8) is 0 Å². The van der Waals surface area contributed by atoms with Crippen molar-refractivity contribution in [1.29, 1.82) is 0 Å². The highest BCUT2D eigenvalue weighted by molar-refractivity contribution is 5.80. The Morgan fingerprint density at radius 1 is 1.05 bits per heavy atom. The molecule has 0 radical (unpaired) electrons. The van der Waals surface area contributed by atoms with Crippen LogP contribution >= 0.6 is 0 Å². The molecule has 0 amide bonds. The molecule has 0 spiro atoms. The van der Waals surface area contributed by atoms with Gasteiger partial charge in [-0.15, -0.1) is 0 Å². The van der Waals surface area contributed by atoms with Gasteiger partial charge in [0, 0.05) is 11.9 Å². The second-order valence-corrected chi connectivity index (χ2v) is 5.56. The molecule has 1 fully saturated rings. The van der Waals surface area contributed by atoms with E-state index in [0.29, 0.717) is 6.54 Å². The van der Waals surface area contributed by atoms with Crippen LogP contribution in [0.1, 0.15) is 32.1 Å². The van der Waals surface area contributed by atoms with Crippen molar-refractivity contribution >= 4 is 16.7 Å². The largest absolute Gasteiger partial charge is 0.363 e. The molecule has 0 aliphatic heterocycles. The first-order chi connectivity index (χ1) is 9.31. The number of fused-ring (bicyclic) bond motifs is 1. The van der Waals surface area contributed by atoms with Gasteiger partial charge in [-0.2, -0.15) is 0 Å². The lowest BCUT2D eigenvalue weighted by Crippen LogP contribution is -2.47. The van der Waals surface area contributed by atoms with Crippen LogP contribution < -0.4 is 11.1 Å². The average Bonchev–Trinajstić information content (AvgIpc) is 2.48. The van der Waals surface area contributed by atoms with Crippen LogP contribution in [0.3, 0.4) is 0 Å².